The van der Waals surface area contributed by atoms with Gasteiger partial charge in [-0.1, -0.05) is 0 Å². The first kappa shape index (κ1) is 17.9. The highest BCUT2D eigenvalue weighted by Crippen LogP contribution is 2.26. The Morgan fingerprint density at radius 1 is 1.35 bits per heavy atom. The van der Waals surface area contributed by atoms with Gasteiger partial charge in [0.2, 0.25) is 0 Å². The molecule has 26 heavy (non-hydrogen) atoms. The minimum Gasteiger partial charge on any atom is -0.468 e. The number of anilines is 1. The van der Waals surface area contributed by atoms with E-state index >= 15 is 0 Å². The summed E-state index contributed by atoms with van der Waals surface area (Å²) in [4.78, 5) is 25.5. The van der Waals surface area contributed by atoms with Crippen LogP contribution in [0.4, 0.5) is 11.4 Å². The predicted octanol–water partition coefficient (Wildman–Crippen LogP) is 2.80. The maximum atomic E-state index is 12.5. The average Bonchev–Trinajstić information content (AvgIpc) is 3.35. The van der Waals surface area contributed by atoms with E-state index in [1.54, 1.807) is 19.4 Å². The monoisotopic (exact) mass is 358 g/mol. The molecule has 3 rings (SSSR count). The number of benzene rings is 1. The summed E-state index contributed by atoms with van der Waals surface area (Å²) in [6, 6.07) is 8.10. The molecule has 1 unspecified atom stereocenters. The standard InChI is InChI=1S/C18H22N4O4/c1-19-14-7-6-13(11-15(14)22(24)25)18(23)20-12-16(17-5-4-10-26-17)21-8-2-3-9-21/h4-7,10-11,16,19H,2-3,8-9,12H2,1H3,(H,20,23). The molecule has 2 N–H and O–H groups in total. The van der Waals surface area contributed by atoms with Gasteiger partial charge in [0.15, 0.2) is 0 Å². The van der Waals surface area contributed by atoms with Gasteiger partial charge in [0.05, 0.1) is 17.2 Å². The number of furan rings is 1. The minimum absolute atomic E-state index is 0.0389. The van der Waals surface area contributed by atoms with Crippen molar-refractivity contribution in [2.24, 2.45) is 0 Å². The van der Waals surface area contributed by atoms with E-state index in [0.717, 1.165) is 31.7 Å². The lowest BCUT2D eigenvalue weighted by Gasteiger charge is -2.26. The minimum atomic E-state index is -0.501. The number of nitrogens with one attached hydrogen (secondary N) is 2. The van der Waals surface area contributed by atoms with Crippen molar-refractivity contribution in [3.63, 3.8) is 0 Å². The second-order valence-electron chi connectivity index (χ2n) is 6.22. The maximum Gasteiger partial charge on any atom is 0.293 e. The third-order valence-corrected chi connectivity index (χ3v) is 4.63. The fraction of sp³-hybridized carbons (Fsp3) is 0.389. The van der Waals surface area contributed by atoms with Gasteiger partial charge >= 0.3 is 0 Å². The molecule has 1 aromatic carbocycles. The van der Waals surface area contributed by atoms with Crippen LogP contribution in [0.2, 0.25) is 0 Å². The van der Waals surface area contributed by atoms with Crippen LogP contribution >= 0.6 is 0 Å². The fourth-order valence-electron chi connectivity index (χ4n) is 3.27. The summed E-state index contributed by atoms with van der Waals surface area (Å²) in [7, 11) is 1.60. The predicted molar refractivity (Wildman–Crippen MR) is 97.2 cm³/mol. The second-order valence-corrected chi connectivity index (χ2v) is 6.22. The number of carbonyl (C=O) groups excluding carboxylic acids is 1. The zero-order valence-corrected chi connectivity index (χ0v) is 14.6. The van der Waals surface area contributed by atoms with Crippen LogP contribution in [0.25, 0.3) is 0 Å². The normalized spacial score (nSPS) is 15.6. The number of amides is 1. The summed E-state index contributed by atoms with van der Waals surface area (Å²) in [6.45, 7) is 2.31. The van der Waals surface area contributed by atoms with Crippen molar-refractivity contribution in [3.8, 4) is 0 Å². The van der Waals surface area contributed by atoms with Crippen LogP contribution in [0.3, 0.4) is 0 Å². The van der Waals surface area contributed by atoms with E-state index in [4.69, 9.17) is 4.42 Å². The first-order valence-electron chi connectivity index (χ1n) is 8.62. The topological polar surface area (TPSA) is 101 Å². The molecule has 1 aliphatic heterocycles. The summed E-state index contributed by atoms with van der Waals surface area (Å²) >= 11 is 0. The van der Waals surface area contributed by atoms with Crippen LogP contribution in [-0.2, 0) is 0 Å². The lowest BCUT2D eigenvalue weighted by atomic mass is 10.1. The van der Waals surface area contributed by atoms with E-state index < -0.39 is 4.92 Å². The summed E-state index contributed by atoms with van der Waals surface area (Å²) in [5, 5.41) is 16.8. The Labute approximate surface area is 151 Å². The number of likely N-dealkylation sites (tertiary alicyclic amines) is 1. The Morgan fingerprint density at radius 3 is 2.73 bits per heavy atom. The summed E-state index contributed by atoms with van der Waals surface area (Å²) in [5.41, 5.74) is 0.509. The molecule has 1 aromatic heterocycles. The largest absolute Gasteiger partial charge is 0.468 e. The van der Waals surface area contributed by atoms with Crippen molar-refractivity contribution in [2.45, 2.75) is 18.9 Å². The Bertz CT molecular complexity index is 770. The highest BCUT2D eigenvalue weighted by atomic mass is 16.6. The van der Waals surface area contributed by atoms with Gasteiger partial charge in [-0.25, -0.2) is 0 Å². The van der Waals surface area contributed by atoms with Gasteiger partial charge in [0.25, 0.3) is 11.6 Å². The van der Waals surface area contributed by atoms with E-state index in [1.807, 2.05) is 12.1 Å². The molecule has 1 saturated heterocycles. The van der Waals surface area contributed by atoms with Gasteiger partial charge in [-0.3, -0.25) is 19.8 Å². The van der Waals surface area contributed by atoms with Crippen LogP contribution < -0.4 is 10.6 Å². The quantitative estimate of drug-likeness (QED) is 0.583. The molecule has 0 saturated carbocycles. The molecule has 1 atom stereocenters. The van der Waals surface area contributed by atoms with Crippen LogP contribution in [0, 0.1) is 10.1 Å². The average molecular weight is 358 g/mol. The molecular weight excluding hydrogens is 336 g/mol. The van der Waals surface area contributed by atoms with Gasteiger partial charge in [-0.2, -0.15) is 0 Å². The van der Waals surface area contributed by atoms with Crippen molar-refractivity contribution in [2.75, 3.05) is 32.0 Å². The van der Waals surface area contributed by atoms with Gasteiger partial charge in [-0.05, 0) is 50.2 Å². The van der Waals surface area contributed by atoms with Gasteiger partial charge in [-0.15, -0.1) is 0 Å². The Balaban J connectivity index is 1.72. The zero-order valence-electron chi connectivity index (χ0n) is 14.6. The van der Waals surface area contributed by atoms with Crippen LogP contribution in [-0.4, -0.2) is 42.4 Å². The van der Waals surface area contributed by atoms with Crippen LogP contribution in [0.5, 0.6) is 0 Å². The number of hydrogen-bond acceptors (Lipinski definition) is 6. The molecule has 2 heterocycles. The van der Waals surface area contributed by atoms with E-state index in [2.05, 4.69) is 15.5 Å². The number of carbonyl (C=O) groups is 1. The molecule has 8 nitrogen and oxygen atoms in total. The molecule has 1 amide bonds. The number of nitro groups is 1. The van der Waals surface area contributed by atoms with E-state index in [1.165, 1.54) is 12.1 Å². The number of nitro benzene ring substituents is 1. The van der Waals surface area contributed by atoms with Crippen LogP contribution in [0.15, 0.2) is 41.0 Å². The SMILES string of the molecule is CNc1ccc(C(=O)NCC(c2ccco2)N2CCCC2)cc1[N+](=O)[O-]. The second kappa shape index (κ2) is 8.01. The summed E-state index contributed by atoms with van der Waals surface area (Å²) < 4.78 is 5.54. The lowest BCUT2D eigenvalue weighted by Crippen LogP contribution is -2.36. The Hall–Kier alpha value is -2.87. The first-order valence-corrected chi connectivity index (χ1v) is 8.62. The molecule has 8 heteroatoms. The third kappa shape index (κ3) is 3.85. The first-order chi connectivity index (χ1) is 12.6. The van der Waals surface area contributed by atoms with Crippen molar-refractivity contribution in [1.29, 1.82) is 0 Å². The highest BCUT2D eigenvalue weighted by Gasteiger charge is 2.26. The van der Waals surface area contributed by atoms with Gasteiger partial charge in [0, 0.05) is 25.2 Å². The third-order valence-electron chi connectivity index (χ3n) is 4.63. The van der Waals surface area contributed by atoms with E-state index in [-0.39, 0.29) is 23.2 Å². The molecule has 1 fully saturated rings. The molecule has 2 aromatic rings. The summed E-state index contributed by atoms with van der Waals surface area (Å²) in [5.74, 6) is 0.468. The molecule has 1 aliphatic rings. The van der Waals surface area contributed by atoms with E-state index in [0.29, 0.717) is 12.2 Å². The molecule has 138 valence electrons. The molecule has 0 aliphatic carbocycles. The maximum absolute atomic E-state index is 12.5. The Kier molecular flexibility index (Phi) is 5.52. The number of rotatable bonds is 7. The van der Waals surface area contributed by atoms with Crippen molar-refractivity contribution in [3.05, 3.63) is 58.0 Å². The highest BCUT2D eigenvalue weighted by molar-refractivity contribution is 5.95. The number of nitrogens with zero attached hydrogens (tertiary/aromatic N) is 2. The smallest absolute Gasteiger partial charge is 0.293 e. The lowest BCUT2D eigenvalue weighted by molar-refractivity contribution is -0.384. The summed E-state index contributed by atoms with van der Waals surface area (Å²) in [6.07, 6.45) is 3.88. The van der Waals surface area contributed by atoms with Gasteiger partial charge in [0.1, 0.15) is 11.4 Å². The van der Waals surface area contributed by atoms with Crippen LogP contribution in [0.1, 0.15) is 35.0 Å². The zero-order chi connectivity index (χ0) is 18.5. The van der Waals surface area contributed by atoms with Crippen molar-refractivity contribution >= 4 is 17.3 Å². The molecular formula is C18H22N4O4. The van der Waals surface area contributed by atoms with Crippen molar-refractivity contribution < 1.29 is 14.1 Å². The van der Waals surface area contributed by atoms with E-state index in [9.17, 15) is 14.9 Å². The molecule has 0 spiro atoms. The Morgan fingerprint density at radius 2 is 2.12 bits per heavy atom. The fourth-order valence-corrected chi connectivity index (χ4v) is 3.27. The van der Waals surface area contributed by atoms with Gasteiger partial charge < -0.3 is 15.1 Å². The molecule has 0 radical (unpaired) electrons. The van der Waals surface area contributed by atoms with Crippen molar-refractivity contribution in [1.82, 2.24) is 10.2 Å². The molecule has 0 bridgehead atoms. The number of hydrogen-bond donors (Lipinski definition) is 2.